The van der Waals surface area contributed by atoms with E-state index in [1.807, 2.05) is 42.6 Å². The van der Waals surface area contributed by atoms with Crippen LogP contribution in [-0.2, 0) is 6.42 Å². The number of hydrogen-bond donors (Lipinski definition) is 1. The average Bonchev–Trinajstić information content (AvgIpc) is 2.33. The fourth-order valence-electron chi connectivity index (χ4n) is 1.40. The minimum Gasteiger partial charge on any atom is -0.493 e. The van der Waals surface area contributed by atoms with Crippen molar-refractivity contribution < 1.29 is 4.74 Å². The Labute approximate surface area is 94.9 Å². The normalized spacial score (nSPS) is 10.0. The minimum atomic E-state index is 0.648. The molecule has 3 nitrogen and oxygen atoms in total. The van der Waals surface area contributed by atoms with Gasteiger partial charge in [0.15, 0.2) is 0 Å². The van der Waals surface area contributed by atoms with E-state index in [9.17, 15) is 0 Å². The lowest BCUT2D eigenvalue weighted by molar-refractivity contribution is 0.322. The van der Waals surface area contributed by atoms with Crippen molar-refractivity contribution in [3.63, 3.8) is 0 Å². The highest BCUT2D eigenvalue weighted by Crippen LogP contribution is 2.13. The Morgan fingerprint density at radius 3 is 2.62 bits per heavy atom. The zero-order valence-corrected chi connectivity index (χ0v) is 8.97. The van der Waals surface area contributed by atoms with Crippen LogP contribution >= 0.6 is 0 Å². The molecule has 2 aromatic rings. The van der Waals surface area contributed by atoms with Crippen LogP contribution in [0.5, 0.6) is 5.75 Å². The van der Waals surface area contributed by atoms with Crippen LogP contribution in [-0.4, -0.2) is 11.6 Å². The molecule has 0 radical (unpaired) electrons. The molecule has 0 fully saturated rings. The van der Waals surface area contributed by atoms with E-state index in [4.69, 9.17) is 10.5 Å². The first kappa shape index (κ1) is 10.5. The number of benzene rings is 1. The first-order valence-corrected chi connectivity index (χ1v) is 5.22. The van der Waals surface area contributed by atoms with Crippen molar-refractivity contribution in [1.82, 2.24) is 4.98 Å². The third-order valence-corrected chi connectivity index (χ3v) is 2.26. The number of rotatable bonds is 4. The smallest absolute Gasteiger partial charge is 0.119 e. The van der Waals surface area contributed by atoms with Crippen LogP contribution in [0.2, 0.25) is 0 Å². The lowest BCUT2D eigenvalue weighted by atomic mass is 10.2. The molecule has 2 N–H and O–H groups in total. The van der Waals surface area contributed by atoms with Crippen molar-refractivity contribution in [3.8, 4) is 5.75 Å². The Kier molecular flexibility index (Phi) is 3.38. The number of aromatic nitrogens is 1. The minimum absolute atomic E-state index is 0.648. The van der Waals surface area contributed by atoms with Gasteiger partial charge >= 0.3 is 0 Å². The van der Waals surface area contributed by atoms with Crippen LogP contribution in [0.3, 0.4) is 0 Å². The van der Waals surface area contributed by atoms with Gasteiger partial charge in [-0.3, -0.25) is 4.98 Å². The van der Waals surface area contributed by atoms with Gasteiger partial charge in [0.25, 0.3) is 0 Å². The quantitative estimate of drug-likeness (QED) is 0.794. The molecule has 82 valence electrons. The summed E-state index contributed by atoms with van der Waals surface area (Å²) in [5, 5.41) is 0. The van der Waals surface area contributed by atoms with Gasteiger partial charge in [-0.25, -0.2) is 0 Å². The summed E-state index contributed by atoms with van der Waals surface area (Å²) in [5.41, 5.74) is 7.51. The fraction of sp³-hybridized carbons (Fsp3) is 0.154. The molecule has 0 aliphatic rings. The lowest BCUT2D eigenvalue weighted by Crippen LogP contribution is -2.01. The van der Waals surface area contributed by atoms with E-state index in [1.54, 1.807) is 6.20 Å². The Hall–Kier alpha value is -2.03. The monoisotopic (exact) mass is 214 g/mol. The first-order valence-electron chi connectivity index (χ1n) is 5.22. The van der Waals surface area contributed by atoms with E-state index in [0.717, 1.165) is 17.9 Å². The van der Waals surface area contributed by atoms with Gasteiger partial charge in [-0.15, -0.1) is 0 Å². The summed E-state index contributed by atoms with van der Waals surface area (Å²) < 4.78 is 5.58. The van der Waals surface area contributed by atoms with E-state index >= 15 is 0 Å². The van der Waals surface area contributed by atoms with Gasteiger partial charge in [-0.05, 0) is 35.9 Å². The Morgan fingerprint density at radius 1 is 1.12 bits per heavy atom. The maximum atomic E-state index is 5.58. The number of pyridine rings is 1. The highest BCUT2D eigenvalue weighted by Gasteiger charge is 1.95. The zero-order valence-electron chi connectivity index (χ0n) is 8.97. The largest absolute Gasteiger partial charge is 0.493 e. The van der Waals surface area contributed by atoms with Crippen molar-refractivity contribution in [2.24, 2.45) is 0 Å². The molecule has 1 heterocycles. The van der Waals surface area contributed by atoms with E-state index in [-0.39, 0.29) is 0 Å². The van der Waals surface area contributed by atoms with E-state index in [0.29, 0.717) is 6.61 Å². The summed E-state index contributed by atoms with van der Waals surface area (Å²) in [4.78, 5) is 4.05. The SMILES string of the molecule is Nc1ccc(OCCc2cccnc2)cc1. The third-order valence-electron chi connectivity index (χ3n) is 2.26. The molecular formula is C13H14N2O. The molecule has 0 atom stereocenters. The van der Waals surface area contributed by atoms with Gasteiger partial charge in [-0.1, -0.05) is 6.07 Å². The van der Waals surface area contributed by atoms with Gasteiger partial charge in [0.2, 0.25) is 0 Å². The second-order valence-corrected chi connectivity index (χ2v) is 3.53. The van der Waals surface area contributed by atoms with E-state index in [1.165, 1.54) is 5.56 Å². The molecule has 1 aromatic heterocycles. The molecule has 0 bridgehead atoms. The first-order chi connectivity index (χ1) is 7.84. The topological polar surface area (TPSA) is 48.1 Å². The van der Waals surface area contributed by atoms with Crippen molar-refractivity contribution in [2.75, 3.05) is 12.3 Å². The average molecular weight is 214 g/mol. The molecule has 2 rings (SSSR count). The molecule has 0 spiro atoms. The maximum Gasteiger partial charge on any atom is 0.119 e. The number of hydrogen-bond acceptors (Lipinski definition) is 3. The maximum absolute atomic E-state index is 5.58. The highest BCUT2D eigenvalue weighted by atomic mass is 16.5. The van der Waals surface area contributed by atoms with Gasteiger partial charge in [-0.2, -0.15) is 0 Å². The molecule has 0 aliphatic carbocycles. The summed E-state index contributed by atoms with van der Waals surface area (Å²) in [6.45, 7) is 0.648. The van der Waals surface area contributed by atoms with Crippen LogP contribution in [0.4, 0.5) is 5.69 Å². The Balaban J connectivity index is 1.82. The number of nitrogens with zero attached hydrogens (tertiary/aromatic N) is 1. The zero-order chi connectivity index (χ0) is 11.2. The number of anilines is 1. The van der Waals surface area contributed by atoms with E-state index < -0.39 is 0 Å². The van der Waals surface area contributed by atoms with Gasteiger partial charge in [0, 0.05) is 24.5 Å². The summed E-state index contributed by atoms with van der Waals surface area (Å²) >= 11 is 0. The highest BCUT2D eigenvalue weighted by molar-refractivity contribution is 5.41. The second-order valence-electron chi connectivity index (χ2n) is 3.53. The number of ether oxygens (including phenoxy) is 1. The molecule has 3 heteroatoms. The Bertz CT molecular complexity index is 425. The summed E-state index contributed by atoms with van der Waals surface area (Å²) in [6.07, 6.45) is 4.48. The summed E-state index contributed by atoms with van der Waals surface area (Å²) in [5.74, 6) is 0.845. The van der Waals surface area contributed by atoms with Crippen molar-refractivity contribution >= 4 is 5.69 Å². The van der Waals surface area contributed by atoms with Gasteiger partial charge in [0.05, 0.1) is 6.61 Å². The number of nitrogens with two attached hydrogens (primary N) is 1. The molecule has 0 unspecified atom stereocenters. The summed E-state index contributed by atoms with van der Waals surface area (Å²) in [6, 6.07) is 11.4. The molecule has 0 amide bonds. The third kappa shape index (κ3) is 2.98. The van der Waals surface area contributed by atoms with Crippen LogP contribution in [0.15, 0.2) is 48.8 Å². The lowest BCUT2D eigenvalue weighted by Gasteiger charge is -2.05. The molecule has 0 saturated carbocycles. The van der Waals surface area contributed by atoms with Crippen molar-refractivity contribution in [2.45, 2.75) is 6.42 Å². The van der Waals surface area contributed by atoms with E-state index in [2.05, 4.69) is 4.98 Å². The number of nitrogen functional groups attached to an aromatic ring is 1. The molecule has 0 aliphatic heterocycles. The van der Waals surface area contributed by atoms with Crippen molar-refractivity contribution in [3.05, 3.63) is 54.4 Å². The molecule has 16 heavy (non-hydrogen) atoms. The predicted octanol–water partition coefficient (Wildman–Crippen LogP) is 2.29. The summed E-state index contributed by atoms with van der Waals surface area (Å²) in [7, 11) is 0. The standard InChI is InChI=1S/C13H14N2O/c14-12-3-5-13(6-4-12)16-9-7-11-2-1-8-15-10-11/h1-6,8,10H,7,9,14H2. The second kappa shape index (κ2) is 5.16. The predicted molar refractivity (Wildman–Crippen MR) is 64.3 cm³/mol. The van der Waals surface area contributed by atoms with Crippen LogP contribution < -0.4 is 10.5 Å². The van der Waals surface area contributed by atoms with Crippen LogP contribution in [0.1, 0.15) is 5.56 Å². The molecule has 0 saturated heterocycles. The fourth-order valence-corrected chi connectivity index (χ4v) is 1.40. The molecular weight excluding hydrogens is 200 g/mol. The van der Waals surface area contributed by atoms with Gasteiger partial charge in [0.1, 0.15) is 5.75 Å². The van der Waals surface area contributed by atoms with Crippen LogP contribution in [0.25, 0.3) is 0 Å². The van der Waals surface area contributed by atoms with Crippen LogP contribution in [0, 0.1) is 0 Å². The van der Waals surface area contributed by atoms with Gasteiger partial charge < -0.3 is 10.5 Å². The molecule has 1 aromatic carbocycles. The van der Waals surface area contributed by atoms with Crippen molar-refractivity contribution in [1.29, 1.82) is 0 Å². The Morgan fingerprint density at radius 2 is 1.94 bits per heavy atom.